The molecule has 0 aliphatic carbocycles. The smallest absolute Gasteiger partial charge is 0.170 e. The highest BCUT2D eigenvalue weighted by Crippen LogP contribution is 2.30. The standard InChI is InChI=1S/C25H25N3S/c1-17-9-8-14-23(18(17)2)28-25(29)27-15-21(19-10-4-3-5-11-19)22-16-26-24-13-7-6-12-20(22)24/h3-14,16,21,26H,15H2,1-2H3,(H2,27,28,29)/t21-/m0/s1. The van der Waals surface area contributed by atoms with E-state index in [-0.39, 0.29) is 5.92 Å². The molecule has 0 aliphatic rings. The molecule has 1 heterocycles. The third-order valence-electron chi connectivity index (χ3n) is 5.52. The predicted molar refractivity (Wildman–Crippen MR) is 127 cm³/mol. The van der Waals surface area contributed by atoms with Crippen molar-refractivity contribution in [2.24, 2.45) is 0 Å². The topological polar surface area (TPSA) is 39.8 Å². The van der Waals surface area contributed by atoms with Crippen LogP contribution < -0.4 is 10.6 Å². The summed E-state index contributed by atoms with van der Waals surface area (Å²) in [5.41, 5.74) is 7.20. The van der Waals surface area contributed by atoms with Gasteiger partial charge in [0.05, 0.1) is 0 Å². The molecule has 29 heavy (non-hydrogen) atoms. The lowest BCUT2D eigenvalue weighted by atomic mass is 9.91. The first-order valence-corrected chi connectivity index (χ1v) is 10.3. The Morgan fingerprint density at radius 3 is 2.52 bits per heavy atom. The minimum absolute atomic E-state index is 0.186. The third-order valence-corrected chi connectivity index (χ3v) is 5.76. The molecule has 0 saturated carbocycles. The maximum absolute atomic E-state index is 5.60. The van der Waals surface area contributed by atoms with E-state index in [0.717, 1.165) is 11.2 Å². The second kappa shape index (κ2) is 8.50. The van der Waals surface area contributed by atoms with E-state index in [2.05, 4.69) is 102 Å². The van der Waals surface area contributed by atoms with Crippen LogP contribution in [-0.4, -0.2) is 16.6 Å². The SMILES string of the molecule is Cc1cccc(NC(=S)NC[C@@H](c2ccccc2)c2c[nH]c3ccccc23)c1C. The number of benzene rings is 3. The van der Waals surface area contributed by atoms with Crippen molar-refractivity contribution in [2.75, 3.05) is 11.9 Å². The molecule has 3 nitrogen and oxygen atoms in total. The maximum Gasteiger partial charge on any atom is 0.170 e. The van der Waals surface area contributed by atoms with Crippen LogP contribution in [0.3, 0.4) is 0 Å². The largest absolute Gasteiger partial charge is 0.361 e. The van der Waals surface area contributed by atoms with Gasteiger partial charge in [-0.25, -0.2) is 0 Å². The Morgan fingerprint density at radius 2 is 1.69 bits per heavy atom. The number of hydrogen-bond acceptors (Lipinski definition) is 1. The van der Waals surface area contributed by atoms with Crippen molar-refractivity contribution < 1.29 is 0 Å². The molecule has 4 aromatic rings. The van der Waals surface area contributed by atoms with Crippen LogP contribution in [-0.2, 0) is 0 Å². The van der Waals surface area contributed by atoms with E-state index in [1.54, 1.807) is 0 Å². The fraction of sp³-hybridized carbons (Fsp3) is 0.160. The molecule has 0 bridgehead atoms. The molecule has 0 fully saturated rings. The summed E-state index contributed by atoms with van der Waals surface area (Å²) in [6.07, 6.45) is 2.12. The van der Waals surface area contributed by atoms with Crippen LogP contribution in [0.15, 0.2) is 79.0 Å². The Bertz CT molecular complexity index is 1130. The van der Waals surface area contributed by atoms with E-state index >= 15 is 0 Å². The van der Waals surface area contributed by atoms with Crippen molar-refractivity contribution in [3.05, 3.63) is 101 Å². The monoisotopic (exact) mass is 399 g/mol. The van der Waals surface area contributed by atoms with Crippen LogP contribution in [0.25, 0.3) is 10.9 Å². The lowest BCUT2D eigenvalue weighted by Crippen LogP contribution is -2.32. The van der Waals surface area contributed by atoms with Gasteiger partial charge in [0.25, 0.3) is 0 Å². The van der Waals surface area contributed by atoms with E-state index in [1.165, 1.54) is 27.6 Å². The summed E-state index contributed by atoms with van der Waals surface area (Å²) < 4.78 is 0. The summed E-state index contributed by atoms with van der Waals surface area (Å²) in [6.45, 7) is 4.93. The number of hydrogen-bond donors (Lipinski definition) is 3. The molecule has 0 unspecified atom stereocenters. The highest BCUT2D eigenvalue weighted by Gasteiger charge is 2.18. The molecule has 1 atom stereocenters. The Labute approximate surface area is 177 Å². The molecule has 146 valence electrons. The highest BCUT2D eigenvalue weighted by molar-refractivity contribution is 7.80. The van der Waals surface area contributed by atoms with Crippen molar-refractivity contribution in [1.29, 1.82) is 0 Å². The highest BCUT2D eigenvalue weighted by atomic mass is 32.1. The number of thiocarbonyl (C=S) groups is 1. The Balaban J connectivity index is 1.56. The van der Waals surface area contributed by atoms with E-state index < -0.39 is 0 Å². The van der Waals surface area contributed by atoms with Gasteiger partial charge in [-0.3, -0.25) is 0 Å². The Hall–Kier alpha value is -3.11. The minimum Gasteiger partial charge on any atom is -0.361 e. The van der Waals surface area contributed by atoms with Gasteiger partial charge in [0, 0.05) is 35.2 Å². The van der Waals surface area contributed by atoms with Gasteiger partial charge in [-0.15, -0.1) is 0 Å². The van der Waals surface area contributed by atoms with Gasteiger partial charge >= 0.3 is 0 Å². The van der Waals surface area contributed by atoms with Gasteiger partial charge in [0.2, 0.25) is 0 Å². The summed E-state index contributed by atoms with van der Waals surface area (Å²) in [4.78, 5) is 3.40. The summed E-state index contributed by atoms with van der Waals surface area (Å²) in [7, 11) is 0. The zero-order valence-corrected chi connectivity index (χ0v) is 17.5. The number of anilines is 1. The second-order valence-electron chi connectivity index (χ2n) is 7.34. The molecule has 0 saturated heterocycles. The average molecular weight is 400 g/mol. The number of aromatic amines is 1. The van der Waals surface area contributed by atoms with Gasteiger partial charge in [0.1, 0.15) is 0 Å². The fourth-order valence-electron chi connectivity index (χ4n) is 3.72. The first-order valence-electron chi connectivity index (χ1n) is 9.85. The van der Waals surface area contributed by atoms with Crippen LogP contribution in [0.2, 0.25) is 0 Å². The number of aryl methyl sites for hydroxylation is 1. The molecule has 1 aromatic heterocycles. The van der Waals surface area contributed by atoms with Crippen LogP contribution in [0.4, 0.5) is 5.69 Å². The number of nitrogens with one attached hydrogen (secondary N) is 3. The van der Waals surface area contributed by atoms with Crippen molar-refractivity contribution in [2.45, 2.75) is 19.8 Å². The molecule has 0 radical (unpaired) electrons. The molecule has 3 aromatic carbocycles. The van der Waals surface area contributed by atoms with E-state index in [0.29, 0.717) is 11.7 Å². The van der Waals surface area contributed by atoms with Crippen LogP contribution in [0.5, 0.6) is 0 Å². The molecular formula is C25H25N3S. The summed E-state index contributed by atoms with van der Waals surface area (Å²) in [5.74, 6) is 0.186. The molecular weight excluding hydrogens is 374 g/mol. The van der Waals surface area contributed by atoms with Crippen molar-refractivity contribution in [3.63, 3.8) is 0 Å². The zero-order chi connectivity index (χ0) is 20.2. The molecule has 0 aliphatic heterocycles. The van der Waals surface area contributed by atoms with Gasteiger partial charge in [0.15, 0.2) is 5.11 Å². The third kappa shape index (κ3) is 4.17. The van der Waals surface area contributed by atoms with Crippen LogP contribution in [0.1, 0.15) is 28.2 Å². The van der Waals surface area contributed by atoms with E-state index in [4.69, 9.17) is 12.2 Å². The fourth-order valence-corrected chi connectivity index (χ4v) is 3.92. The first kappa shape index (κ1) is 19.2. The number of para-hydroxylation sites is 1. The van der Waals surface area contributed by atoms with Crippen LogP contribution >= 0.6 is 12.2 Å². The predicted octanol–water partition coefficient (Wildman–Crippen LogP) is 5.90. The minimum atomic E-state index is 0.186. The summed E-state index contributed by atoms with van der Waals surface area (Å²) in [6, 6.07) is 25.2. The maximum atomic E-state index is 5.60. The van der Waals surface area contributed by atoms with Gasteiger partial charge in [-0.2, -0.15) is 0 Å². The van der Waals surface area contributed by atoms with Gasteiger partial charge in [-0.05, 0) is 60.5 Å². The quantitative estimate of drug-likeness (QED) is 0.366. The van der Waals surface area contributed by atoms with Crippen LogP contribution in [0, 0.1) is 13.8 Å². The number of fused-ring (bicyclic) bond motifs is 1. The number of aromatic nitrogens is 1. The van der Waals surface area contributed by atoms with Gasteiger partial charge < -0.3 is 15.6 Å². The van der Waals surface area contributed by atoms with Crippen molar-refractivity contribution >= 4 is 33.9 Å². The molecule has 4 heteroatoms. The summed E-state index contributed by atoms with van der Waals surface area (Å²) >= 11 is 5.60. The van der Waals surface area contributed by atoms with E-state index in [9.17, 15) is 0 Å². The first-order chi connectivity index (χ1) is 14.1. The normalized spacial score (nSPS) is 11.9. The van der Waals surface area contributed by atoms with E-state index in [1.807, 2.05) is 6.07 Å². The molecule has 3 N–H and O–H groups in total. The molecule has 4 rings (SSSR count). The van der Waals surface area contributed by atoms with Gasteiger partial charge in [-0.1, -0.05) is 60.7 Å². The molecule has 0 spiro atoms. The Morgan fingerprint density at radius 1 is 0.931 bits per heavy atom. The lowest BCUT2D eigenvalue weighted by Gasteiger charge is -2.20. The van der Waals surface area contributed by atoms with Crippen molar-refractivity contribution in [3.8, 4) is 0 Å². The average Bonchev–Trinajstić information content (AvgIpc) is 3.16. The van der Waals surface area contributed by atoms with Crippen molar-refractivity contribution in [1.82, 2.24) is 10.3 Å². The summed E-state index contributed by atoms with van der Waals surface area (Å²) in [5, 5.41) is 8.67. The Kier molecular flexibility index (Phi) is 5.63. The zero-order valence-electron chi connectivity index (χ0n) is 16.7. The number of H-pyrrole nitrogens is 1. The molecule has 0 amide bonds. The lowest BCUT2D eigenvalue weighted by molar-refractivity contribution is 0.766. The number of rotatable bonds is 5. The second-order valence-corrected chi connectivity index (χ2v) is 7.74.